The first kappa shape index (κ1) is 15.9. The van der Waals surface area contributed by atoms with Crippen LogP contribution in [0, 0.1) is 0 Å². The van der Waals surface area contributed by atoms with Crippen molar-refractivity contribution in [2.75, 3.05) is 33.8 Å². The highest BCUT2D eigenvalue weighted by Gasteiger charge is 2.32. The lowest BCUT2D eigenvalue weighted by atomic mass is 10.2. The second kappa shape index (κ2) is 7.46. The molecule has 1 N–H and O–H groups in total. The second-order valence-corrected chi connectivity index (χ2v) is 4.46. The van der Waals surface area contributed by atoms with Gasteiger partial charge in [0.25, 0.3) is 0 Å². The lowest BCUT2D eigenvalue weighted by Gasteiger charge is -2.13. The zero-order valence-electron chi connectivity index (χ0n) is 11.7. The fraction of sp³-hybridized carbons (Fsp3) is 0.667. The van der Waals surface area contributed by atoms with E-state index in [0.29, 0.717) is 6.42 Å². The summed E-state index contributed by atoms with van der Waals surface area (Å²) >= 11 is 0. The number of nitrogens with zero attached hydrogens (tertiary/aromatic N) is 2. The van der Waals surface area contributed by atoms with E-state index in [2.05, 4.69) is 10.1 Å². The van der Waals surface area contributed by atoms with Gasteiger partial charge in [0, 0.05) is 26.6 Å². The molecule has 0 bridgehead atoms. The number of likely N-dealkylation sites (N-methyl/N-ethyl adjacent to an activating group) is 1. The van der Waals surface area contributed by atoms with E-state index in [1.54, 1.807) is 7.05 Å². The van der Waals surface area contributed by atoms with Crippen molar-refractivity contribution in [3.63, 3.8) is 0 Å². The maximum atomic E-state index is 11.6. The molecule has 1 heterocycles. The number of hydrogen-bond donors (Lipinski definition) is 1. The van der Waals surface area contributed by atoms with Crippen LogP contribution in [-0.2, 0) is 19.1 Å². The summed E-state index contributed by atoms with van der Waals surface area (Å²) in [4.78, 5) is 47.8. The molecule has 0 aromatic rings. The number of ether oxygens (including phenoxy) is 1. The van der Waals surface area contributed by atoms with Crippen LogP contribution in [0.15, 0.2) is 0 Å². The van der Waals surface area contributed by atoms with Gasteiger partial charge in [-0.1, -0.05) is 0 Å². The quantitative estimate of drug-likeness (QED) is 0.495. The highest BCUT2D eigenvalue weighted by molar-refractivity contribution is 6.01. The zero-order chi connectivity index (χ0) is 15.1. The Kier molecular flexibility index (Phi) is 5.95. The number of carbonyl (C=O) groups is 4. The van der Waals surface area contributed by atoms with Gasteiger partial charge in [-0.15, -0.1) is 0 Å². The van der Waals surface area contributed by atoms with E-state index in [1.165, 1.54) is 12.0 Å². The molecule has 0 aromatic heterocycles. The van der Waals surface area contributed by atoms with Crippen molar-refractivity contribution in [1.29, 1.82) is 0 Å². The monoisotopic (exact) mass is 285 g/mol. The minimum absolute atomic E-state index is 0.0875. The van der Waals surface area contributed by atoms with E-state index < -0.39 is 0 Å². The molecule has 0 unspecified atom stereocenters. The number of amides is 4. The Hall–Kier alpha value is -2.12. The van der Waals surface area contributed by atoms with Gasteiger partial charge in [-0.25, -0.2) is 4.79 Å². The van der Waals surface area contributed by atoms with Crippen molar-refractivity contribution in [2.45, 2.75) is 19.3 Å². The Morgan fingerprint density at radius 2 is 2.00 bits per heavy atom. The van der Waals surface area contributed by atoms with Crippen molar-refractivity contribution in [3.05, 3.63) is 0 Å². The van der Waals surface area contributed by atoms with Crippen LogP contribution in [0.4, 0.5) is 4.79 Å². The molecule has 112 valence electrons. The molecule has 1 fully saturated rings. The number of methoxy groups -OCH3 is 1. The maximum Gasteiger partial charge on any atom is 0.326 e. The lowest BCUT2D eigenvalue weighted by Crippen LogP contribution is -2.33. The summed E-state index contributed by atoms with van der Waals surface area (Å²) in [5.41, 5.74) is 0. The van der Waals surface area contributed by atoms with Gasteiger partial charge >= 0.3 is 12.0 Å². The highest BCUT2D eigenvalue weighted by Crippen LogP contribution is 2.08. The van der Waals surface area contributed by atoms with Gasteiger partial charge in [-0.2, -0.15) is 0 Å². The van der Waals surface area contributed by atoms with Crippen LogP contribution in [0.5, 0.6) is 0 Å². The Morgan fingerprint density at radius 1 is 1.30 bits per heavy atom. The number of urea groups is 1. The van der Waals surface area contributed by atoms with Crippen molar-refractivity contribution >= 4 is 23.8 Å². The number of hydrogen-bond acceptors (Lipinski definition) is 5. The minimum Gasteiger partial charge on any atom is -0.469 e. The number of esters is 1. The van der Waals surface area contributed by atoms with E-state index in [4.69, 9.17) is 0 Å². The second-order valence-electron chi connectivity index (χ2n) is 4.46. The molecule has 1 saturated heterocycles. The van der Waals surface area contributed by atoms with Gasteiger partial charge in [0.2, 0.25) is 11.8 Å². The standard InChI is InChI=1S/C12H19N3O5/c1-14-8-10(17)15(12(14)19)7-3-4-9(16)13-6-5-11(18)20-2/h3-8H2,1-2H3,(H,13,16). The number of rotatable bonds is 7. The first-order chi connectivity index (χ1) is 9.45. The van der Waals surface area contributed by atoms with E-state index >= 15 is 0 Å². The highest BCUT2D eigenvalue weighted by atomic mass is 16.5. The van der Waals surface area contributed by atoms with E-state index in [9.17, 15) is 19.2 Å². The summed E-state index contributed by atoms with van der Waals surface area (Å²) in [6.07, 6.45) is 0.716. The van der Waals surface area contributed by atoms with Gasteiger partial charge in [-0.3, -0.25) is 19.3 Å². The van der Waals surface area contributed by atoms with Crippen molar-refractivity contribution in [3.8, 4) is 0 Å². The molecule has 0 atom stereocenters. The molecule has 4 amide bonds. The first-order valence-electron chi connectivity index (χ1n) is 6.34. The summed E-state index contributed by atoms with van der Waals surface area (Å²) in [7, 11) is 2.84. The largest absolute Gasteiger partial charge is 0.469 e. The van der Waals surface area contributed by atoms with Gasteiger partial charge in [-0.05, 0) is 6.42 Å². The molecule has 0 aromatic carbocycles. The molecule has 0 spiro atoms. The molecule has 0 saturated carbocycles. The molecule has 1 aliphatic heterocycles. The van der Waals surface area contributed by atoms with Gasteiger partial charge in [0.05, 0.1) is 13.5 Å². The van der Waals surface area contributed by atoms with Gasteiger partial charge < -0.3 is 15.0 Å². The molecule has 8 nitrogen and oxygen atoms in total. The molecule has 0 aliphatic carbocycles. The summed E-state index contributed by atoms with van der Waals surface area (Å²) in [6, 6.07) is -0.332. The summed E-state index contributed by atoms with van der Waals surface area (Å²) in [6.45, 7) is 0.534. The SMILES string of the molecule is COC(=O)CCNC(=O)CCCN1C(=O)CN(C)C1=O. The number of imide groups is 1. The third kappa shape index (κ3) is 4.52. The van der Waals surface area contributed by atoms with Crippen LogP contribution < -0.4 is 5.32 Å². The van der Waals surface area contributed by atoms with Crippen LogP contribution in [0.3, 0.4) is 0 Å². The minimum atomic E-state index is -0.387. The molecule has 8 heteroatoms. The molecular formula is C12H19N3O5. The van der Waals surface area contributed by atoms with Crippen LogP contribution in [0.2, 0.25) is 0 Å². The molecule has 1 aliphatic rings. The van der Waals surface area contributed by atoms with Gasteiger partial charge in [0.1, 0.15) is 6.54 Å². The summed E-state index contributed by atoms with van der Waals surface area (Å²) < 4.78 is 4.44. The fourth-order valence-electron chi connectivity index (χ4n) is 1.78. The summed E-state index contributed by atoms with van der Waals surface area (Å²) in [5, 5.41) is 2.57. The van der Waals surface area contributed by atoms with Crippen LogP contribution in [0.25, 0.3) is 0 Å². The molecular weight excluding hydrogens is 266 g/mol. The predicted molar refractivity (Wildman–Crippen MR) is 68.6 cm³/mol. The van der Waals surface area contributed by atoms with Gasteiger partial charge in [0.15, 0.2) is 0 Å². The normalized spacial score (nSPS) is 14.7. The molecule has 0 radical (unpaired) electrons. The average molecular weight is 285 g/mol. The van der Waals surface area contributed by atoms with Crippen molar-refractivity contribution < 1.29 is 23.9 Å². The predicted octanol–water partition coefficient (Wildman–Crippen LogP) is -0.660. The average Bonchev–Trinajstić information content (AvgIpc) is 2.64. The van der Waals surface area contributed by atoms with E-state index in [-0.39, 0.29) is 56.3 Å². The Morgan fingerprint density at radius 3 is 2.55 bits per heavy atom. The molecule has 1 rings (SSSR count). The van der Waals surface area contributed by atoms with Crippen LogP contribution in [0.1, 0.15) is 19.3 Å². The maximum absolute atomic E-state index is 11.6. The van der Waals surface area contributed by atoms with Crippen LogP contribution in [-0.4, -0.2) is 67.4 Å². The lowest BCUT2D eigenvalue weighted by molar-refractivity contribution is -0.140. The smallest absolute Gasteiger partial charge is 0.326 e. The third-order valence-corrected chi connectivity index (χ3v) is 2.90. The third-order valence-electron chi connectivity index (χ3n) is 2.90. The van der Waals surface area contributed by atoms with Crippen LogP contribution >= 0.6 is 0 Å². The Balaban J connectivity index is 2.17. The summed E-state index contributed by atoms with van der Waals surface area (Å²) in [5.74, 6) is -0.855. The van der Waals surface area contributed by atoms with Crippen molar-refractivity contribution in [1.82, 2.24) is 15.1 Å². The molecule has 20 heavy (non-hydrogen) atoms. The number of nitrogens with one attached hydrogen (secondary N) is 1. The Bertz CT molecular complexity index is 410. The van der Waals surface area contributed by atoms with E-state index in [0.717, 1.165) is 4.90 Å². The van der Waals surface area contributed by atoms with Crippen molar-refractivity contribution in [2.24, 2.45) is 0 Å². The van der Waals surface area contributed by atoms with E-state index in [1.807, 2.05) is 0 Å². The number of carbonyl (C=O) groups excluding carboxylic acids is 4. The topological polar surface area (TPSA) is 96.0 Å². The fourth-order valence-corrected chi connectivity index (χ4v) is 1.78. The Labute approximate surface area is 117 Å². The zero-order valence-corrected chi connectivity index (χ0v) is 11.7. The first-order valence-corrected chi connectivity index (χ1v) is 6.34.